The molecule has 0 aliphatic heterocycles. The number of rotatable bonds is 6. The Hall–Kier alpha value is -0.910. The van der Waals surface area contributed by atoms with Gasteiger partial charge in [0.1, 0.15) is 5.92 Å². The number of carbonyl (C=O) groups excluding carboxylic acids is 1. The lowest BCUT2D eigenvalue weighted by atomic mass is 9.95. The first kappa shape index (κ1) is 15.1. The number of nitrogens with one attached hydrogen (secondary N) is 1. The molecule has 0 fully saturated rings. The summed E-state index contributed by atoms with van der Waals surface area (Å²) in [5.74, 6) is -2.63. The quantitative estimate of drug-likeness (QED) is 0.660. The third kappa shape index (κ3) is 5.25. The molecule has 0 radical (unpaired) electrons. The molecular weight excluding hydrogens is 230 g/mol. The fourth-order valence-electron chi connectivity index (χ4n) is 1.43. The molecule has 0 aliphatic carbocycles. The average Bonchev–Trinajstić information content (AvgIpc) is 1.98. The van der Waals surface area contributed by atoms with Crippen LogP contribution in [0.5, 0.6) is 0 Å². The lowest BCUT2D eigenvalue weighted by Crippen LogP contribution is -2.44. The Morgan fingerprint density at radius 1 is 1.31 bits per heavy atom. The van der Waals surface area contributed by atoms with E-state index in [0.717, 1.165) is 0 Å². The Balaban J connectivity index is 4.42. The highest BCUT2D eigenvalue weighted by atomic mass is 32.2. The second-order valence-electron chi connectivity index (χ2n) is 4.21. The van der Waals surface area contributed by atoms with Crippen LogP contribution in [0.1, 0.15) is 20.8 Å². The smallest absolute Gasteiger partial charge is 0.316 e. The van der Waals surface area contributed by atoms with Gasteiger partial charge in [-0.2, -0.15) is 0 Å². The third-order valence-corrected chi connectivity index (χ3v) is 3.06. The molecule has 0 aromatic carbocycles. The summed E-state index contributed by atoms with van der Waals surface area (Å²) in [6, 6.07) is -0.279. The van der Waals surface area contributed by atoms with Crippen molar-refractivity contribution in [3.8, 4) is 0 Å². The van der Waals surface area contributed by atoms with E-state index >= 15 is 0 Å². The zero-order valence-electron chi connectivity index (χ0n) is 10.0. The van der Waals surface area contributed by atoms with Crippen LogP contribution in [0.2, 0.25) is 0 Å². The highest BCUT2D eigenvalue weighted by Gasteiger charge is 2.30. The summed E-state index contributed by atoms with van der Waals surface area (Å²) >= 11 is 0. The normalized spacial score (nSPS) is 16.6. The molecule has 0 aromatic heterocycles. The van der Waals surface area contributed by atoms with Crippen molar-refractivity contribution in [3.05, 3.63) is 0 Å². The minimum atomic E-state index is -1.13. The molecule has 0 bridgehead atoms. The van der Waals surface area contributed by atoms with Gasteiger partial charge in [-0.3, -0.25) is 13.8 Å². The van der Waals surface area contributed by atoms with Crippen molar-refractivity contribution in [2.45, 2.75) is 26.8 Å². The van der Waals surface area contributed by atoms with Crippen LogP contribution in [-0.4, -0.2) is 39.2 Å². The second-order valence-corrected chi connectivity index (χ2v) is 5.69. The molecule has 5 nitrogen and oxygen atoms in total. The number of hydrogen-bond acceptors (Lipinski definition) is 3. The van der Waals surface area contributed by atoms with Gasteiger partial charge >= 0.3 is 5.97 Å². The maximum atomic E-state index is 11.6. The average molecular weight is 249 g/mol. The fourth-order valence-corrected chi connectivity index (χ4v) is 2.21. The molecule has 2 N–H and O–H groups in total. The Kier molecular flexibility index (Phi) is 6.25. The molecule has 16 heavy (non-hydrogen) atoms. The third-order valence-electron chi connectivity index (χ3n) is 2.09. The molecule has 6 heteroatoms. The maximum absolute atomic E-state index is 11.6. The Labute approximate surface area is 98.1 Å². The van der Waals surface area contributed by atoms with Crippen LogP contribution in [0.3, 0.4) is 0 Å². The van der Waals surface area contributed by atoms with E-state index < -0.39 is 28.6 Å². The molecule has 0 spiro atoms. The summed E-state index contributed by atoms with van der Waals surface area (Å²) in [6.07, 6.45) is 1.54. The van der Waals surface area contributed by atoms with E-state index in [4.69, 9.17) is 5.11 Å². The summed E-state index contributed by atoms with van der Waals surface area (Å²) in [6.45, 7) is 5.07. The molecule has 0 saturated heterocycles. The van der Waals surface area contributed by atoms with Crippen LogP contribution in [0.15, 0.2) is 0 Å². The van der Waals surface area contributed by atoms with Gasteiger partial charge in [-0.15, -0.1) is 0 Å². The van der Waals surface area contributed by atoms with Gasteiger partial charge in [0.25, 0.3) is 0 Å². The van der Waals surface area contributed by atoms with Crippen molar-refractivity contribution in [1.29, 1.82) is 0 Å². The first-order valence-electron chi connectivity index (χ1n) is 5.09. The largest absolute Gasteiger partial charge is 0.481 e. The van der Waals surface area contributed by atoms with Crippen LogP contribution >= 0.6 is 0 Å². The van der Waals surface area contributed by atoms with Crippen molar-refractivity contribution in [2.75, 3.05) is 12.0 Å². The summed E-state index contributed by atoms with van der Waals surface area (Å²) in [4.78, 5) is 22.5. The minimum absolute atomic E-state index is 0.267. The Morgan fingerprint density at radius 2 is 1.81 bits per heavy atom. The number of carboxylic acids is 1. The standard InChI is InChI=1S/C10H19NO4S/c1-6(2)8(10(13)14)9(12)11-7(3)5-16(4)15/h6-8H,5H2,1-4H3,(H,11,12)(H,13,14). The maximum Gasteiger partial charge on any atom is 0.316 e. The van der Waals surface area contributed by atoms with Gasteiger partial charge in [-0.25, -0.2) is 0 Å². The first-order valence-corrected chi connectivity index (χ1v) is 6.81. The van der Waals surface area contributed by atoms with Gasteiger partial charge in [0.05, 0.1) is 0 Å². The lowest BCUT2D eigenvalue weighted by Gasteiger charge is -2.19. The number of carbonyl (C=O) groups is 2. The first-order chi connectivity index (χ1) is 7.25. The van der Waals surface area contributed by atoms with Gasteiger partial charge in [0.15, 0.2) is 0 Å². The number of carboxylic acid groups (broad SMARTS) is 1. The molecule has 1 amide bonds. The van der Waals surface area contributed by atoms with Gasteiger partial charge in [0, 0.05) is 28.9 Å². The molecule has 0 aliphatic rings. The number of aliphatic carboxylic acids is 1. The minimum Gasteiger partial charge on any atom is -0.481 e. The lowest BCUT2D eigenvalue weighted by molar-refractivity contribution is -0.149. The summed E-state index contributed by atoms with van der Waals surface area (Å²) in [7, 11) is -1.01. The highest BCUT2D eigenvalue weighted by Crippen LogP contribution is 2.11. The topological polar surface area (TPSA) is 83.5 Å². The van der Waals surface area contributed by atoms with Crippen molar-refractivity contribution in [1.82, 2.24) is 5.32 Å². The monoisotopic (exact) mass is 249 g/mol. The van der Waals surface area contributed by atoms with Crippen LogP contribution in [-0.2, 0) is 20.4 Å². The molecule has 3 unspecified atom stereocenters. The number of hydrogen-bond donors (Lipinski definition) is 2. The van der Waals surface area contributed by atoms with Gasteiger partial charge in [-0.1, -0.05) is 13.8 Å². The van der Waals surface area contributed by atoms with Crippen LogP contribution in [0.25, 0.3) is 0 Å². The zero-order valence-corrected chi connectivity index (χ0v) is 10.8. The second kappa shape index (κ2) is 6.62. The molecule has 0 rings (SSSR count). The molecule has 0 heterocycles. The summed E-state index contributed by atoms with van der Waals surface area (Å²) < 4.78 is 10.9. The van der Waals surface area contributed by atoms with E-state index in [1.54, 1.807) is 27.0 Å². The number of amides is 1. The van der Waals surface area contributed by atoms with Crippen LogP contribution in [0.4, 0.5) is 0 Å². The van der Waals surface area contributed by atoms with Gasteiger partial charge in [-0.05, 0) is 12.8 Å². The van der Waals surface area contributed by atoms with E-state index in [1.165, 1.54) is 0 Å². The van der Waals surface area contributed by atoms with E-state index in [0.29, 0.717) is 5.75 Å². The van der Waals surface area contributed by atoms with Crippen molar-refractivity contribution >= 4 is 22.7 Å². The van der Waals surface area contributed by atoms with Crippen molar-refractivity contribution in [3.63, 3.8) is 0 Å². The predicted molar refractivity (Wildman–Crippen MR) is 62.5 cm³/mol. The summed E-state index contributed by atoms with van der Waals surface area (Å²) in [5, 5.41) is 11.4. The van der Waals surface area contributed by atoms with Crippen LogP contribution in [0, 0.1) is 11.8 Å². The van der Waals surface area contributed by atoms with Gasteiger partial charge in [0.2, 0.25) is 5.91 Å². The van der Waals surface area contributed by atoms with Crippen molar-refractivity contribution in [2.24, 2.45) is 11.8 Å². The van der Waals surface area contributed by atoms with Crippen molar-refractivity contribution < 1.29 is 18.9 Å². The Bertz CT molecular complexity index is 291. The zero-order chi connectivity index (χ0) is 12.9. The van der Waals surface area contributed by atoms with Crippen LogP contribution < -0.4 is 5.32 Å². The van der Waals surface area contributed by atoms with E-state index in [9.17, 15) is 13.8 Å². The molecule has 0 saturated carbocycles. The fraction of sp³-hybridized carbons (Fsp3) is 0.800. The molecule has 0 aromatic rings. The molecular formula is C10H19NO4S. The summed E-state index contributed by atoms with van der Waals surface area (Å²) in [5.41, 5.74) is 0. The van der Waals surface area contributed by atoms with Gasteiger partial charge < -0.3 is 10.4 Å². The molecule has 3 atom stereocenters. The predicted octanol–water partition coefficient (Wildman–Crippen LogP) is 0.226. The molecule has 94 valence electrons. The van der Waals surface area contributed by atoms with E-state index in [1.807, 2.05) is 0 Å². The van der Waals surface area contributed by atoms with E-state index in [-0.39, 0.29) is 12.0 Å². The van der Waals surface area contributed by atoms with E-state index in [2.05, 4.69) is 5.32 Å². The highest BCUT2D eigenvalue weighted by molar-refractivity contribution is 7.84. The Morgan fingerprint density at radius 3 is 2.12 bits per heavy atom. The SMILES string of the molecule is CC(CS(C)=O)NC(=O)C(C(=O)O)C(C)C.